The van der Waals surface area contributed by atoms with Crippen molar-refractivity contribution in [2.45, 2.75) is 25.9 Å². The van der Waals surface area contributed by atoms with Crippen molar-refractivity contribution in [3.63, 3.8) is 0 Å². The molecule has 0 atom stereocenters. The smallest absolute Gasteiger partial charge is 0.811 e. The number of aryl methyl sites for hydroxylation is 2. The molecule has 0 aliphatic carbocycles. The average molecular weight is 545 g/mol. The van der Waals surface area contributed by atoms with E-state index in [2.05, 4.69) is 0 Å². The minimum atomic E-state index is -4.51. The van der Waals surface area contributed by atoms with Gasteiger partial charge in [-0.1, -0.05) is 63.7 Å². The Morgan fingerprint density at radius 2 is 0.912 bits per heavy atom. The molecule has 0 radical (unpaired) electrons. The number of aliphatic hydroxyl groups is 1. The van der Waals surface area contributed by atoms with E-state index < -0.39 is 27.5 Å². The minimum Gasteiger partial charge on any atom is -0.811 e. The quantitative estimate of drug-likeness (QED) is 0.204. The van der Waals surface area contributed by atoms with Crippen LogP contribution in [0.5, 0.6) is 0 Å². The van der Waals surface area contributed by atoms with Crippen LogP contribution >= 0.6 is 15.2 Å². The molecule has 2 aromatic carbocycles. The second kappa shape index (κ2) is 20.5. The van der Waals surface area contributed by atoms with Gasteiger partial charge in [0.1, 0.15) is 0 Å². The summed E-state index contributed by atoms with van der Waals surface area (Å²) >= 11 is 0. The SMILES string of the molecule is O=P([O-])([O-])CCc1ccc(CN(CCO)Cc2ccc(CCP(=O)([O-])[O-])cc2)cc1.[Na+].[Na+].[Na+].[Na+]. The molecule has 2 rings (SSSR count). The third-order valence-electron chi connectivity index (χ3n) is 4.62. The molecule has 1 N–H and O–H groups in total. The van der Waals surface area contributed by atoms with Gasteiger partial charge in [-0.3, -0.25) is 4.90 Å². The molecule has 0 aliphatic rings. The van der Waals surface area contributed by atoms with Gasteiger partial charge in [0, 0.05) is 19.6 Å². The van der Waals surface area contributed by atoms with Crippen molar-refractivity contribution in [3.05, 3.63) is 70.8 Å². The third-order valence-corrected chi connectivity index (χ3v) is 6.17. The Hall–Kier alpha value is 2.66. The van der Waals surface area contributed by atoms with Crippen LogP contribution in [0.4, 0.5) is 0 Å². The normalized spacial score (nSPS) is 11.0. The van der Waals surface area contributed by atoms with Crippen molar-refractivity contribution in [3.8, 4) is 0 Å². The number of hydrogen-bond acceptors (Lipinski definition) is 8. The Labute approximate surface area is 290 Å². The van der Waals surface area contributed by atoms with Gasteiger partial charge in [-0.05, 0) is 47.4 Å². The molecule has 0 amide bonds. The molecular weight excluding hydrogens is 520 g/mol. The Morgan fingerprint density at radius 1 is 0.618 bits per heavy atom. The summed E-state index contributed by atoms with van der Waals surface area (Å²) in [6.45, 7) is 1.58. The summed E-state index contributed by atoms with van der Waals surface area (Å²) in [5.41, 5.74) is 3.52. The Kier molecular flexibility index (Phi) is 24.9. The predicted molar refractivity (Wildman–Crippen MR) is 106 cm³/mol. The van der Waals surface area contributed by atoms with Gasteiger partial charge < -0.3 is 33.8 Å². The Bertz CT molecular complexity index is 821. The van der Waals surface area contributed by atoms with Crippen molar-refractivity contribution in [1.29, 1.82) is 0 Å². The number of aliphatic hydroxyl groups excluding tert-OH is 1. The molecule has 0 saturated heterocycles. The van der Waals surface area contributed by atoms with E-state index in [0.29, 0.717) is 19.6 Å². The summed E-state index contributed by atoms with van der Waals surface area (Å²) in [7, 11) is -9.02. The van der Waals surface area contributed by atoms with Crippen LogP contribution in [0.2, 0.25) is 0 Å². The first kappa shape index (κ1) is 41.1. The molecule has 14 heteroatoms. The van der Waals surface area contributed by atoms with E-state index in [1.807, 2.05) is 29.2 Å². The first-order valence-corrected chi connectivity index (χ1v) is 13.0. The van der Waals surface area contributed by atoms with E-state index in [1.54, 1.807) is 24.3 Å². The van der Waals surface area contributed by atoms with Gasteiger partial charge >= 0.3 is 118 Å². The zero-order valence-corrected chi connectivity index (χ0v) is 30.3. The summed E-state index contributed by atoms with van der Waals surface area (Å²) in [6.07, 6.45) is -0.433. The number of hydrogen-bond donors (Lipinski definition) is 1. The maximum absolute atomic E-state index is 10.8. The van der Waals surface area contributed by atoms with Crippen LogP contribution in [-0.4, -0.2) is 35.5 Å². The van der Waals surface area contributed by atoms with E-state index in [1.165, 1.54) is 0 Å². The summed E-state index contributed by atoms with van der Waals surface area (Å²) in [5, 5.41) is 9.36. The fourth-order valence-corrected chi connectivity index (χ4v) is 4.09. The van der Waals surface area contributed by atoms with Crippen LogP contribution < -0.4 is 138 Å². The van der Waals surface area contributed by atoms with Gasteiger partial charge in [0.2, 0.25) is 0 Å². The first-order chi connectivity index (χ1) is 14.0. The second-order valence-electron chi connectivity index (χ2n) is 7.24. The van der Waals surface area contributed by atoms with Crippen LogP contribution in [0.3, 0.4) is 0 Å². The van der Waals surface area contributed by atoms with Crippen LogP contribution in [0.25, 0.3) is 0 Å². The van der Waals surface area contributed by atoms with Crippen LogP contribution in [0, 0.1) is 0 Å². The van der Waals surface area contributed by atoms with E-state index in [9.17, 15) is 33.8 Å². The van der Waals surface area contributed by atoms with Crippen molar-refractivity contribution in [2.24, 2.45) is 0 Å². The number of nitrogens with zero attached hydrogens (tertiary/aromatic N) is 1. The number of rotatable bonds is 12. The van der Waals surface area contributed by atoms with Gasteiger partial charge in [-0.2, -0.15) is 0 Å². The molecule has 0 heterocycles. The van der Waals surface area contributed by atoms with Gasteiger partial charge in [0.15, 0.2) is 0 Å². The van der Waals surface area contributed by atoms with Crippen molar-refractivity contribution in [1.82, 2.24) is 4.90 Å². The molecule has 34 heavy (non-hydrogen) atoms. The summed E-state index contributed by atoms with van der Waals surface area (Å²) in [6, 6.07) is 14.6. The molecule has 0 spiro atoms. The van der Waals surface area contributed by atoms with E-state index in [4.69, 9.17) is 0 Å². The molecule has 166 valence electrons. The monoisotopic (exact) mass is 545 g/mol. The second-order valence-corrected chi connectivity index (χ2v) is 10.6. The van der Waals surface area contributed by atoms with Crippen LogP contribution in [-0.2, 0) is 35.1 Å². The minimum absolute atomic E-state index is 0. The van der Waals surface area contributed by atoms with E-state index in [-0.39, 0.29) is 138 Å². The maximum Gasteiger partial charge on any atom is 1.00 e. The number of benzene rings is 2. The average Bonchev–Trinajstić information content (AvgIpc) is 2.66. The molecular formula is C20H25NNa4O7P2. The first-order valence-electron chi connectivity index (χ1n) is 9.55. The van der Waals surface area contributed by atoms with Crippen molar-refractivity contribution >= 4 is 15.2 Å². The third kappa shape index (κ3) is 18.8. The molecule has 0 aromatic heterocycles. The van der Waals surface area contributed by atoms with Crippen LogP contribution in [0.15, 0.2) is 48.5 Å². The zero-order chi connectivity index (χ0) is 22.2. The van der Waals surface area contributed by atoms with Gasteiger partial charge in [-0.15, -0.1) is 0 Å². The summed E-state index contributed by atoms with van der Waals surface area (Å²) in [5.74, 6) is 0. The largest absolute Gasteiger partial charge is 1.00 e. The van der Waals surface area contributed by atoms with E-state index >= 15 is 0 Å². The topological polar surface area (TPSA) is 150 Å². The maximum atomic E-state index is 10.8. The standard InChI is InChI=1S/C20H29NO7P2.4Na/c22-12-11-21(15-19-5-1-17(2-6-19)9-13-29(23,24)25)16-20-7-3-18(4-8-20)10-14-30(26,27)28;;;;/h1-8,22H,9-16H2,(H2,23,24,25)(H2,26,27,28);;;;/q;4*+1/p-4. The molecule has 0 saturated carbocycles. The van der Waals surface area contributed by atoms with Gasteiger partial charge in [-0.25, -0.2) is 0 Å². The van der Waals surface area contributed by atoms with Gasteiger partial charge in [0.25, 0.3) is 0 Å². The molecule has 2 aromatic rings. The molecule has 0 unspecified atom stereocenters. The van der Waals surface area contributed by atoms with Crippen molar-refractivity contribution in [2.75, 3.05) is 25.5 Å². The molecule has 0 aliphatic heterocycles. The molecule has 8 nitrogen and oxygen atoms in total. The van der Waals surface area contributed by atoms with Crippen LogP contribution in [0.1, 0.15) is 22.3 Å². The fraction of sp³-hybridized carbons (Fsp3) is 0.400. The summed E-state index contributed by atoms with van der Waals surface area (Å²) < 4.78 is 21.5. The molecule has 0 bridgehead atoms. The Balaban J connectivity index is -0.00000240. The van der Waals surface area contributed by atoms with E-state index in [0.717, 1.165) is 22.3 Å². The summed E-state index contributed by atoms with van der Waals surface area (Å²) in [4.78, 5) is 45.1. The molecule has 0 fully saturated rings. The zero-order valence-electron chi connectivity index (χ0n) is 20.5. The van der Waals surface area contributed by atoms with Gasteiger partial charge in [0.05, 0.1) is 6.61 Å². The van der Waals surface area contributed by atoms with Crippen molar-refractivity contribution < 1.29 is 152 Å². The predicted octanol–water partition coefficient (Wildman–Crippen LogP) is -12.4. The fourth-order valence-electron chi connectivity index (χ4n) is 3.03. The Morgan fingerprint density at radius 3 is 1.18 bits per heavy atom.